The number of amides is 1. The molecule has 0 saturated carbocycles. The van der Waals surface area contributed by atoms with Gasteiger partial charge in [0.15, 0.2) is 0 Å². The molecule has 0 aliphatic carbocycles. The van der Waals surface area contributed by atoms with Crippen LogP contribution in [0.4, 0.5) is 0 Å². The highest BCUT2D eigenvalue weighted by atomic mass is 32.1. The van der Waals surface area contributed by atoms with Gasteiger partial charge in [-0.25, -0.2) is 0 Å². The predicted molar refractivity (Wildman–Crippen MR) is 76.2 cm³/mol. The number of rotatable bonds is 4. The number of likely N-dealkylation sites (tertiary alicyclic amines) is 1. The molecule has 0 aromatic carbocycles. The molecule has 1 aromatic rings. The minimum absolute atomic E-state index is 0.180. The van der Waals surface area contributed by atoms with Gasteiger partial charge in [0.05, 0.1) is 4.88 Å². The SMILES string of the molecule is CCCN1CCC(N(C)C(=O)c2cccs2)CC1. The molecular formula is C14H22N2OS. The Balaban J connectivity index is 1.87. The van der Waals surface area contributed by atoms with E-state index in [0.29, 0.717) is 6.04 Å². The first-order chi connectivity index (χ1) is 8.72. The fourth-order valence-electron chi connectivity index (χ4n) is 2.59. The quantitative estimate of drug-likeness (QED) is 0.836. The molecule has 0 atom stereocenters. The molecule has 4 heteroatoms. The van der Waals surface area contributed by atoms with E-state index in [9.17, 15) is 4.79 Å². The summed E-state index contributed by atoms with van der Waals surface area (Å²) < 4.78 is 0. The Morgan fingerprint density at radius 3 is 2.78 bits per heavy atom. The first kappa shape index (κ1) is 13.6. The van der Waals surface area contributed by atoms with Crippen LogP contribution in [0.2, 0.25) is 0 Å². The van der Waals surface area contributed by atoms with E-state index in [1.54, 1.807) is 0 Å². The van der Waals surface area contributed by atoms with E-state index in [2.05, 4.69) is 11.8 Å². The summed E-state index contributed by atoms with van der Waals surface area (Å²) in [6, 6.07) is 4.26. The number of carbonyl (C=O) groups is 1. The van der Waals surface area contributed by atoms with Gasteiger partial charge in [-0.15, -0.1) is 11.3 Å². The van der Waals surface area contributed by atoms with E-state index in [4.69, 9.17) is 0 Å². The molecule has 100 valence electrons. The predicted octanol–water partition coefficient (Wildman–Crippen LogP) is 2.69. The van der Waals surface area contributed by atoms with Crippen molar-refractivity contribution in [3.05, 3.63) is 22.4 Å². The van der Waals surface area contributed by atoms with Gasteiger partial charge in [0.1, 0.15) is 0 Å². The fraction of sp³-hybridized carbons (Fsp3) is 0.643. The summed E-state index contributed by atoms with van der Waals surface area (Å²) >= 11 is 1.53. The molecular weight excluding hydrogens is 244 g/mol. The van der Waals surface area contributed by atoms with Crippen LogP contribution in [0.1, 0.15) is 35.9 Å². The van der Waals surface area contributed by atoms with Gasteiger partial charge in [-0.1, -0.05) is 13.0 Å². The molecule has 0 unspecified atom stereocenters. The molecule has 2 rings (SSSR count). The minimum Gasteiger partial charge on any atom is -0.338 e. The summed E-state index contributed by atoms with van der Waals surface area (Å²) in [6.45, 7) is 5.66. The number of hydrogen-bond acceptors (Lipinski definition) is 3. The Labute approximate surface area is 113 Å². The summed E-state index contributed by atoms with van der Waals surface area (Å²) in [6.07, 6.45) is 3.43. The summed E-state index contributed by atoms with van der Waals surface area (Å²) in [5.41, 5.74) is 0. The van der Waals surface area contributed by atoms with E-state index >= 15 is 0 Å². The second kappa shape index (κ2) is 6.34. The van der Waals surface area contributed by atoms with Crippen LogP contribution in [-0.2, 0) is 0 Å². The maximum atomic E-state index is 12.2. The third-order valence-corrected chi connectivity index (χ3v) is 4.55. The lowest BCUT2D eigenvalue weighted by molar-refractivity contribution is 0.0647. The van der Waals surface area contributed by atoms with Gasteiger partial charge < -0.3 is 9.80 Å². The lowest BCUT2D eigenvalue weighted by Gasteiger charge is -2.36. The van der Waals surface area contributed by atoms with Crippen molar-refractivity contribution in [3.8, 4) is 0 Å². The monoisotopic (exact) mass is 266 g/mol. The van der Waals surface area contributed by atoms with Crippen molar-refractivity contribution in [2.24, 2.45) is 0 Å². The van der Waals surface area contributed by atoms with Crippen LogP contribution >= 0.6 is 11.3 Å². The molecule has 0 bridgehead atoms. The van der Waals surface area contributed by atoms with Gasteiger partial charge in [-0.05, 0) is 37.3 Å². The van der Waals surface area contributed by atoms with E-state index in [-0.39, 0.29) is 5.91 Å². The highest BCUT2D eigenvalue weighted by molar-refractivity contribution is 7.12. The number of hydrogen-bond donors (Lipinski definition) is 0. The molecule has 1 saturated heterocycles. The average molecular weight is 266 g/mol. The first-order valence-electron chi connectivity index (χ1n) is 6.75. The highest BCUT2D eigenvalue weighted by Gasteiger charge is 2.25. The topological polar surface area (TPSA) is 23.6 Å². The van der Waals surface area contributed by atoms with Crippen molar-refractivity contribution >= 4 is 17.2 Å². The van der Waals surface area contributed by atoms with Crippen LogP contribution in [0.3, 0.4) is 0 Å². The second-order valence-electron chi connectivity index (χ2n) is 4.97. The lowest BCUT2D eigenvalue weighted by atomic mass is 10.0. The molecule has 1 aromatic heterocycles. The largest absolute Gasteiger partial charge is 0.338 e. The van der Waals surface area contributed by atoms with Crippen LogP contribution in [0, 0.1) is 0 Å². The molecule has 0 radical (unpaired) electrons. The average Bonchev–Trinajstić information content (AvgIpc) is 2.92. The summed E-state index contributed by atoms with van der Waals surface area (Å²) in [7, 11) is 1.95. The van der Waals surface area contributed by atoms with Crippen molar-refractivity contribution in [2.75, 3.05) is 26.7 Å². The van der Waals surface area contributed by atoms with Gasteiger partial charge in [0.25, 0.3) is 5.91 Å². The smallest absolute Gasteiger partial charge is 0.263 e. The zero-order valence-electron chi connectivity index (χ0n) is 11.3. The molecule has 1 amide bonds. The minimum atomic E-state index is 0.180. The van der Waals surface area contributed by atoms with Gasteiger partial charge >= 0.3 is 0 Å². The van der Waals surface area contributed by atoms with Crippen molar-refractivity contribution in [1.29, 1.82) is 0 Å². The van der Waals surface area contributed by atoms with Crippen molar-refractivity contribution in [2.45, 2.75) is 32.2 Å². The Bertz CT molecular complexity index is 369. The molecule has 0 spiro atoms. The third kappa shape index (κ3) is 3.12. The van der Waals surface area contributed by atoms with Crippen LogP contribution in [0.15, 0.2) is 17.5 Å². The van der Waals surface area contributed by atoms with E-state index in [1.165, 1.54) is 24.3 Å². The maximum absolute atomic E-state index is 12.2. The number of thiophene rings is 1. The number of carbonyl (C=O) groups excluding carboxylic acids is 1. The number of piperidine rings is 1. The zero-order chi connectivity index (χ0) is 13.0. The van der Waals surface area contributed by atoms with Crippen molar-refractivity contribution < 1.29 is 4.79 Å². The standard InChI is InChI=1S/C14H22N2OS/c1-3-8-16-9-6-12(7-10-16)15(2)14(17)13-5-4-11-18-13/h4-5,11-12H,3,6-10H2,1-2H3. The molecule has 1 aliphatic heterocycles. The van der Waals surface area contributed by atoms with Gasteiger partial charge in [0, 0.05) is 26.2 Å². The van der Waals surface area contributed by atoms with Gasteiger partial charge in [0.2, 0.25) is 0 Å². The Morgan fingerprint density at radius 1 is 1.50 bits per heavy atom. The first-order valence-corrected chi connectivity index (χ1v) is 7.63. The van der Waals surface area contributed by atoms with Crippen molar-refractivity contribution in [1.82, 2.24) is 9.80 Å². The Hall–Kier alpha value is -0.870. The summed E-state index contributed by atoms with van der Waals surface area (Å²) in [5.74, 6) is 0.180. The lowest BCUT2D eigenvalue weighted by Crippen LogP contribution is -2.45. The molecule has 1 aliphatic rings. The van der Waals surface area contributed by atoms with Crippen LogP contribution in [0.25, 0.3) is 0 Å². The fourth-order valence-corrected chi connectivity index (χ4v) is 3.29. The molecule has 0 N–H and O–H groups in total. The normalized spacial score (nSPS) is 17.9. The van der Waals surface area contributed by atoms with Crippen LogP contribution in [-0.4, -0.2) is 48.4 Å². The third-order valence-electron chi connectivity index (χ3n) is 3.70. The zero-order valence-corrected chi connectivity index (χ0v) is 12.1. The van der Waals surface area contributed by atoms with E-state index < -0.39 is 0 Å². The number of nitrogens with zero attached hydrogens (tertiary/aromatic N) is 2. The van der Waals surface area contributed by atoms with Crippen LogP contribution < -0.4 is 0 Å². The van der Waals surface area contributed by atoms with E-state index in [1.807, 2.05) is 29.5 Å². The van der Waals surface area contributed by atoms with Crippen molar-refractivity contribution in [3.63, 3.8) is 0 Å². The Morgan fingerprint density at radius 2 is 2.22 bits per heavy atom. The highest BCUT2D eigenvalue weighted by Crippen LogP contribution is 2.19. The molecule has 3 nitrogen and oxygen atoms in total. The Kier molecular flexibility index (Phi) is 4.78. The molecule has 2 heterocycles. The molecule has 18 heavy (non-hydrogen) atoms. The van der Waals surface area contributed by atoms with Gasteiger partial charge in [-0.3, -0.25) is 4.79 Å². The maximum Gasteiger partial charge on any atom is 0.263 e. The second-order valence-corrected chi connectivity index (χ2v) is 5.91. The van der Waals surface area contributed by atoms with Gasteiger partial charge in [-0.2, -0.15) is 0 Å². The van der Waals surface area contributed by atoms with E-state index in [0.717, 1.165) is 30.8 Å². The van der Waals surface area contributed by atoms with Crippen LogP contribution in [0.5, 0.6) is 0 Å². The summed E-state index contributed by atoms with van der Waals surface area (Å²) in [4.78, 5) is 17.5. The summed E-state index contributed by atoms with van der Waals surface area (Å²) in [5, 5.41) is 1.96. The molecule has 1 fully saturated rings.